The summed E-state index contributed by atoms with van der Waals surface area (Å²) in [7, 11) is 0. The highest BCUT2D eigenvalue weighted by Gasteiger charge is 2.36. The SMILES string of the molecule is Cc1nc2c(C(C)c3cccc(C(F)(F)F)c3F)nn(CCO)c2c(=O)[nH]1. The molecule has 0 radical (unpaired) electrons. The first-order chi connectivity index (χ1) is 12.6. The number of benzene rings is 1. The fourth-order valence-corrected chi connectivity index (χ4v) is 3.02. The summed E-state index contributed by atoms with van der Waals surface area (Å²) in [6, 6.07) is 3.03. The minimum atomic E-state index is -4.83. The van der Waals surface area contributed by atoms with Gasteiger partial charge in [0.25, 0.3) is 5.56 Å². The van der Waals surface area contributed by atoms with Gasteiger partial charge in [0.2, 0.25) is 0 Å². The Hall–Kier alpha value is -2.75. The van der Waals surface area contributed by atoms with Crippen LogP contribution in [0.2, 0.25) is 0 Å². The molecule has 144 valence electrons. The standard InChI is InChI=1S/C17H16F4N4O2/c1-8(10-4-3-5-11(12(10)18)17(19,20)21)13-14-15(25(24-13)6-7-26)16(27)23-9(2)22-14/h3-5,8,26H,6-7H2,1-2H3,(H,22,23,27). The number of alkyl halides is 3. The summed E-state index contributed by atoms with van der Waals surface area (Å²) < 4.78 is 54.8. The lowest BCUT2D eigenvalue weighted by Gasteiger charge is -2.15. The quantitative estimate of drug-likeness (QED) is 0.678. The summed E-state index contributed by atoms with van der Waals surface area (Å²) in [5.41, 5.74) is -1.68. The van der Waals surface area contributed by atoms with Gasteiger partial charge in [-0.05, 0) is 18.6 Å². The predicted octanol–water partition coefficient (Wildman–Crippen LogP) is 2.73. The van der Waals surface area contributed by atoms with Gasteiger partial charge in [-0.3, -0.25) is 9.48 Å². The summed E-state index contributed by atoms with van der Waals surface area (Å²) in [6.45, 7) is 2.71. The third-order valence-corrected chi connectivity index (χ3v) is 4.26. The molecule has 0 aliphatic carbocycles. The molecule has 0 saturated heterocycles. The Balaban J connectivity index is 2.23. The molecule has 10 heteroatoms. The van der Waals surface area contributed by atoms with Crippen LogP contribution in [0.25, 0.3) is 11.0 Å². The van der Waals surface area contributed by atoms with Gasteiger partial charge in [0.1, 0.15) is 17.2 Å². The molecular weight excluding hydrogens is 368 g/mol. The first-order valence-electron chi connectivity index (χ1n) is 8.09. The van der Waals surface area contributed by atoms with E-state index >= 15 is 0 Å². The maximum absolute atomic E-state index is 14.5. The first-order valence-corrected chi connectivity index (χ1v) is 8.09. The number of aliphatic hydroxyl groups excluding tert-OH is 1. The van der Waals surface area contributed by atoms with Crippen LogP contribution >= 0.6 is 0 Å². The van der Waals surface area contributed by atoms with Gasteiger partial charge >= 0.3 is 6.18 Å². The van der Waals surface area contributed by atoms with Gasteiger partial charge < -0.3 is 10.1 Å². The van der Waals surface area contributed by atoms with Gasteiger partial charge in [0.15, 0.2) is 5.52 Å². The van der Waals surface area contributed by atoms with E-state index in [2.05, 4.69) is 15.1 Å². The average Bonchev–Trinajstić information content (AvgIpc) is 2.92. The van der Waals surface area contributed by atoms with Crippen LogP contribution in [0.3, 0.4) is 0 Å². The molecule has 1 aromatic carbocycles. The number of nitrogens with zero attached hydrogens (tertiary/aromatic N) is 3. The van der Waals surface area contributed by atoms with E-state index in [9.17, 15) is 27.5 Å². The Labute approximate surface area is 150 Å². The van der Waals surface area contributed by atoms with E-state index in [0.717, 1.165) is 6.07 Å². The van der Waals surface area contributed by atoms with Crippen LogP contribution in [0.1, 0.15) is 35.5 Å². The highest BCUT2D eigenvalue weighted by molar-refractivity contribution is 5.77. The number of H-pyrrole nitrogens is 1. The molecule has 3 rings (SSSR count). The molecule has 0 saturated carbocycles. The lowest BCUT2D eigenvalue weighted by molar-refractivity contribution is -0.140. The number of aryl methyl sites for hydroxylation is 1. The van der Waals surface area contributed by atoms with E-state index in [1.165, 1.54) is 17.7 Å². The maximum Gasteiger partial charge on any atom is 0.419 e. The van der Waals surface area contributed by atoms with Crippen molar-refractivity contribution in [2.24, 2.45) is 0 Å². The van der Waals surface area contributed by atoms with Crippen LogP contribution in [0.4, 0.5) is 17.6 Å². The predicted molar refractivity (Wildman–Crippen MR) is 88.9 cm³/mol. The van der Waals surface area contributed by atoms with E-state index in [4.69, 9.17) is 0 Å². The number of fused-ring (bicyclic) bond motifs is 1. The van der Waals surface area contributed by atoms with Crippen molar-refractivity contribution in [3.05, 3.63) is 57.0 Å². The summed E-state index contributed by atoms with van der Waals surface area (Å²) in [5.74, 6) is -2.00. The molecule has 27 heavy (non-hydrogen) atoms. The second-order valence-corrected chi connectivity index (χ2v) is 6.11. The molecule has 0 spiro atoms. The molecule has 2 heterocycles. The van der Waals surface area contributed by atoms with Crippen LogP contribution < -0.4 is 5.56 Å². The van der Waals surface area contributed by atoms with Crippen LogP contribution in [-0.4, -0.2) is 31.5 Å². The van der Waals surface area contributed by atoms with Gasteiger partial charge in [-0.1, -0.05) is 19.1 Å². The van der Waals surface area contributed by atoms with Gasteiger partial charge in [-0.25, -0.2) is 9.37 Å². The Morgan fingerprint density at radius 1 is 1.33 bits per heavy atom. The Morgan fingerprint density at radius 2 is 2.04 bits per heavy atom. The molecule has 0 bridgehead atoms. The number of nitrogens with one attached hydrogen (secondary N) is 1. The molecular formula is C17H16F4N4O2. The Morgan fingerprint density at radius 3 is 2.67 bits per heavy atom. The number of rotatable bonds is 4. The Kier molecular flexibility index (Phi) is 4.77. The fourth-order valence-electron chi connectivity index (χ4n) is 3.02. The molecule has 2 N–H and O–H groups in total. The van der Waals surface area contributed by atoms with Crippen molar-refractivity contribution in [3.63, 3.8) is 0 Å². The minimum Gasteiger partial charge on any atom is -0.394 e. The van der Waals surface area contributed by atoms with Crippen molar-refractivity contribution < 1.29 is 22.7 Å². The van der Waals surface area contributed by atoms with Crippen LogP contribution in [-0.2, 0) is 12.7 Å². The number of halogens is 4. The highest BCUT2D eigenvalue weighted by Crippen LogP contribution is 2.36. The third-order valence-electron chi connectivity index (χ3n) is 4.26. The van der Waals surface area contributed by atoms with Gasteiger partial charge in [0, 0.05) is 5.92 Å². The summed E-state index contributed by atoms with van der Waals surface area (Å²) in [4.78, 5) is 19.0. The van der Waals surface area contributed by atoms with Crippen molar-refractivity contribution in [3.8, 4) is 0 Å². The van der Waals surface area contributed by atoms with Crippen molar-refractivity contribution in [2.75, 3.05) is 6.61 Å². The van der Waals surface area contributed by atoms with Crippen molar-refractivity contribution in [1.82, 2.24) is 19.7 Å². The molecule has 1 unspecified atom stereocenters. The van der Waals surface area contributed by atoms with E-state index in [1.807, 2.05) is 0 Å². The topological polar surface area (TPSA) is 83.8 Å². The zero-order valence-corrected chi connectivity index (χ0v) is 14.4. The van der Waals surface area contributed by atoms with E-state index in [-0.39, 0.29) is 41.3 Å². The molecule has 1 atom stereocenters. The molecule has 0 aliphatic heterocycles. The molecule has 0 amide bonds. The number of aromatic amines is 1. The number of aliphatic hydroxyl groups is 1. The van der Waals surface area contributed by atoms with Crippen molar-refractivity contribution in [1.29, 1.82) is 0 Å². The van der Waals surface area contributed by atoms with Gasteiger partial charge in [0.05, 0.1) is 24.4 Å². The van der Waals surface area contributed by atoms with Crippen LogP contribution in [0, 0.1) is 12.7 Å². The molecule has 3 aromatic rings. The summed E-state index contributed by atoms with van der Waals surface area (Å²) in [5, 5.41) is 13.4. The molecule has 6 nitrogen and oxygen atoms in total. The lowest BCUT2D eigenvalue weighted by atomic mass is 9.94. The zero-order valence-electron chi connectivity index (χ0n) is 14.4. The minimum absolute atomic E-state index is 0.0118. The van der Waals surface area contributed by atoms with E-state index in [1.54, 1.807) is 6.92 Å². The smallest absolute Gasteiger partial charge is 0.394 e. The normalized spacial score (nSPS) is 13.3. The Bertz CT molecular complexity index is 1060. The fraction of sp³-hybridized carbons (Fsp3) is 0.353. The van der Waals surface area contributed by atoms with Crippen molar-refractivity contribution in [2.45, 2.75) is 32.5 Å². The van der Waals surface area contributed by atoms with Gasteiger partial charge in [-0.2, -0.15) is 18.3 Å². The summed E-state index contributed by atoms with van der Waals surface area (Å²) >= 11 is 0. The highest BCUT2D eigenvalue weighted by atomic mass is 19.4. The van der Waals surface area contributed by atoms with Gasteiger partial charge in [-0.15, -0.1) is 0 Å². The monoisotopic (exact) mass is 384 g/mol. The largest absolute Gasteiger partial charge is 0.419 e. The van der Waals surface area contributed by atoms with E-state index < -0.39 is 29.0 Å². The van der Waals surface area contributed by atoms with E-state index in [0.29, 0.717) is 6.07 Å². The summed E-state index contributed by atoms with van der Waals surface area (Å²) in [6.07, 6.45) is -4.83. The molecule has 0 fully saturated rings. The lowest BCUT2D eigenvalue weighted by Crippen LogP contribution is -2.15. The number of hydrogen-bond acceptors (Lipinski definition) is 4. The third kappa shape index (κ3) is 3.32. The maximum atomic E-state index is 14.5. The number of aromatic nitrogens is 4. The molecule has 2 aromatic heterocycles. The average molecular weight is 384 g/mol. The first kappa shape index (κ1) is 19.0. The second-order valence-electron chi connectivity index (χ2n) is 6.11. The molecule has 0 aliphatic rings. The van der Waals surface area contributed by atoms with Crippen molar-refractivity contribution >= 4 is 11.0 Å². The van der Waals surface area contributed by atoms with Crippen LogP contribution in [0.15, 0.2) is 23.0 Å². The number of hydrogen-bond donors (Lipinski definition) is 2. The zero-order chi connectivity index (χ0) is 19.9. The second kappa shape index (κ2) is 6.76. The van der Waals surface area contributed by atoms with Crippen LogP contribution in [0.5, 0.6) is 0 Å².